The second-order valence-corrected chi connectivity index (χ2v) is 5.55. The summed E-state index contributed by atoms with van der Waals surface area (Å²) < 4.78 is 0. The number of hydrogen-bond acceptors (Lipinski definition) is 3. The molecule has 3 nitrogen and oxygen atoms in total. The third kappa shape index (κ3) is 2.35. The molecular weight excluding hydrogens is 212 g/mol. The molecule has 3 rings (SSSR count). The number of pyridine rings is 1. The summed E-state index contributed by atoms with van der Waals surface area (Å²) in [5, 5.41) is 10.7. The van der Waals surface area contributed by atoms with E-state index < -0.39 is 5.60 Å². The van der Waals surface area contributed by atoms with Gasteiger partial charge >= 0.3 is 0 Å². The van der Waals surface area contributed by atoms with Gasteiger partial charge in [-0.2, -0.15) is 0 Å². The van der Waals surface area contributed by atoms with Crippen LogP contribution in [0.4, 0.5) is 0 Å². The summed E-state index contributed by atoms with van der Waals surface area (Å²) in [4.78, 5) is 6.67. The average molecular weight is 232 g/mol. The molecule has 2 aliphatic rings. The summed E-state index contributed by atoms with van der Waals surface area (Å²) in [6, 6.07) is 4.63. The zero-order valence-corrected chi connectivity index (χ0v) is 10.2. The van der Waals surface area contributed by atoms with E-state index in [9.17, 15) is 5.11 Å². The van der Waals surface area contributed by atoms with Gasteiger partial charge in [0.15, 0.2) is 0 Å². The fourth-order valence-electron chi connectivity index (χ4n) is 3.36. The number of rotatable bonds is 2. The van der Waals surface area contributed by atoms with Gasteiger partial charge in [0, 0.05) is 31.4 Å². The molecule has 0 saturated carbocycles. The van der Waals surface area contributed by atoms with Gasteiger partial charge in [0.05, 0.1) is 5.60 Å². The molecule has 0 spiro atoms. The van der Waals surface area contributed by atoms with Crippen molar-refractivity contribution < 1.29 is 5.11 Å². The van der Waals surface area contributed by atoms with Crippen molar-refractivity contribution in [2.75, 3.05) is 13.1 Å². The average Bonchev–Trinajstić information content (AvgIpc) is 2.76. The van der Waals surface area contributed by atoms with Gasteiger partial charge in [-0.15, -0.1) is 0 Å². The lowest BCUT2D eigenvalue weighted by atomic mass is 9.82. The van der Waals surface area contributed by atoms with Crippen molar-refractivity contribution in [3.8, 4) is 0 Å². The van der Waals surface area contributed by atoms with Gasteiger partial charge in [0.2, 0.25) is 0 Å². The Labute approximate surface area is 102 Å². The Morgan fingerprint density at radius 1 is 1.47 bits per heavy atom. The van der Waals surface area contributed by atoms with Crippen molar-refractivity contribution in [1.82, 2.24) is 9.88 Å². The van der Waals surface area contributed by atoms with E-state index >= 15 is 0 Å². The highest BCUT2D eigenvalue weighted by molar-refractivity contribution is 5.13. The monoisotopic (exact) mass is 232 g/mol. The third-order valence-corrected chi connectivity index (χ3v) is 4.24. The molecule has 2 aliphatic heterocycles. The maximum atomic E-state index is 10.7. The van der Waals surface area contributed by atoms with Crippen LogP contribution in [0.2, 0.25) is 0 Å². The highest BCUT2D eigenvalue weighted by Gasteiger charge is 2.39. The molecule has 1 aromatic rings. The molecule has 2 fully saturated rings. The molecule has 1 aromatic heterocycles. The molecule has 1 N–H and O–H groups in total. The highest BCUT2D eigenvalue weighted by atomic mass is 16.3. The Morgan fingerprint density at radius 3 is 3.24 bits per heavy atom. The zero-order valence-electron chi connectivity index (χ0n) is 10.2. The summed E-state index contributed by atoms with van der Waals surface area (Å²) in [6.45, 7) is 2.29. The topological polar surface area (TPSA) is 36.4 Å². The second-order valence-electron chi connectivity index (χ2n) is 5.55. The molecule has 92 valence electrons. The first kappa shape index (κ1) is 11.2. The minimum absolute atomic E-state index is 0.505. The summed E-state index contributed by atoms with van der Waals surface area (Å²) >= 11 is 0. The van der Waals surface area contributed by atoms with Crippen molar-refractivity contribution >= 4 is 0 Å². The highest BCUT2D eigenvalue weighted by Crippen LogP contribution is 2.34. The molecule has 2 saturated heterocycles. The normalized spacial score (nSPS) is 33.6. The van der Waals surface area contributed by atoms with Crippen LogP contribution in [-0.4, -0.2) is 39.7 Å². The lowest BCUT2D eigenvalue weighted by Gasteiger charge is -2.41. The second kappa shape index (κ2) is 4.39. The van der Waals surface area contributed by atoms with Crippen LogP contribution < -0.4 is 0 Å². The van der Waals surface area contributed by atoms with Gasteiger partial charge in [-0.1, -0.05) is 6.07 Å². The van der Waals surface area contributed by atoms with Gasteiger partial charge < -0.3 is 10.0 Å². The quantitative estimate of drug-likeness (QED) is 0.841. The lowest BCUT2D eigenvalue weighted by molar-refractivity contribution is -0.0354. The zero-order chi connectivity index (χ0) is 11.7. The Kier molecular flexibility index (Phi) is 2.89. The number of aromatic nitrogens is 1. The van der Waals surface area contributed by atoms with E-state index in [1.54, 1.807) is 6.20 Å². The molecule has 3 heterocycles. The standard InChI is InChI=1S/C14H20N2O/c17-14(9-12-3-1-6-15-11-12)5-8-16-7-2-4-13(16)10-14/h1,3,6,11,13,17H,2,4-5,7-10H2. The summed E-state index contributed by atoms with van der Waals surface area (Å²) in [7, 11) is 0. The van der Waals surface area contributed by atoms with Crippen LogP contribution in [0.5, 0.6) is 0 Å². The van der Waals surface area contributed by atoms with E-state index in [1.165, 1.54) is 19.4 Å². The van der Waals surface area contributed by atoms with E-state index in [0.717, 1.165) is 31.4 Å². The number of fused-ring (bicyclic) bond motifs is 1. The number of piperidine rings is 1. The molecule has 3 heteroatoms. The van der Waals surface area contributed by atoms with Crippen LogP contribution >= 0.6 is 0 Å². The Bertz CT molecular complexity index is 381. The molecule has 2 unspecified atom stereocenters. The summed E-state index contributed by atoms with van der Waals surface area (Å²) in [5.74, 6) is 0. The Morgan fingerprint density at radius 2 is 2.41 bits per heavy atom. The Hall–Kier alpha value is -0.930. The first-order valence-corrected chi connectivity index (χ1v) is 6.61. The van der Waals surface area contributed by atoms with Gasteiger partial charge in [-0.05, 0) is 43.9 Å². The van der Waals surface area contributed by atoms with Crippen LogP contribution in [0.25, 0.3) is 0 Å². The summed E-state index contributed by atoms with van der Waals surface area (Å²) in [5.41, 5.74) is 0.649. The first-order valence-electron chi connectivity index (χ1n) is 6.61. The van der Waals surface area contributed by atoms with Gasteiger partial charge in [0.25, 0.3) is 0 Å². The van der Waals surface area contributed by atoms with Gasteiger partial charge in [0.1, 0.15) is 0 Å². The van der Waals surface area contributed by atoms with Crippen LogP contribution in [-0.2, 0) is 6.42 Å². The molecular formula is C14H20N2O. The molecule has 0 aromatic carbocycles. The fraction of sp³-hybridized carbons (Fsp3) is 0.643. The van der Waals surface area contributed by atoms with Crippen molar-refractivity contribution in [2.24, 2.45) is 0 Å². The molecule has 0 bridgehead atoms. The van der Waals surface area contributed by atoms with Crippen molar-refractivity contribution in [3.05, 3.63) is 30.1 Å². The third-order valence-electron chi connectivity index (χ3n) is 4.24. The van der Waals surface area contributed by atoms with E-state index in [1.807, 2.05) is 12.3 Å². The van der Waals surface area contributed by atoms with Crippen LogP contribution in [0.3, 0.4) is 0 Å². The molecule has 0 radical (unpaired) electrons. The van der Waals surface area contributed by atoms with Crippen LogP contribution in [0.1, 0.15) is 31.2 Å². The van der Waals surface area contributed by atoms with Crippen molar-refractivity contribution in [2.45, 2.75) is 43.7 Å². The van der Waals surface area contributed by atoms with E-state index in [-0.39, 0.29) is 0 Å². The van der Waals surface area contributed by atoms with Crippen LogP contribution in [0.15, 0.2) is 24.5 Å². The minimum atomic E-state index is -0.505. The molecule has 2 atom stereocenters. The summed E-state index contributed by atoms with van der Waals surface area (Å²) in [6.07, 6.45) is 8.81. The fourth-order valence-corrected chi connectivity index (χ4v) is 3.36. The lowest BCUT2D eigenvalue weighted by Crippen LogP contribution is -2.48. The van der Waals surface area contributed by atoms with E-state index in [2.05, 4.69) is 16.0 Å². The minimum Gasteiger partial charge on any atom is -0.389 e. The van der Waals surface area contributed by atoms with Crippen LogP contribution in [0, 0.1) is 0 Å². The molecule has 0 amide bonds. The SMILES string of the molecule is OC1(Cc2cccnc2)CCN2CCCC2C1. The predicted octanol–water partition coefficient (Wildman–Crippen LogP) is 1.61. The molecule has 17 heavy (non-hydrogen) atoms. The maximum absolute atomic E-state index is 10.7. The van der Waals surface area contributed by atoms with E-state index in [4.69, 9.17) is 0 Å². The van der Waals surface area contributed by atoms with Gasteiger partial charge in [-0.3, -0.25) is 4.98 Å². The smallest absolute Gasteiger partial charge is 0.0715 e. The largest absolute Gasteiger partial charge is 0.389 e. The number of hydrogen-bond donors (Lipinski definition) is 1. The number of nitrogens with zero attached hydrogens (tertiary/aromatic N) is 2. The maximum Gasteiger partial charge on any atom is 0.0715 e. The molecule has 0 aliphatic carbocycles. The first-order chi connectivity index (χ1) is 8.25. The van der Waals surface area contributed by atoms with Crippen molar-refractivity contribution in [1.29, 1.82) is 0 Å². The van der Waals surface area contributed by atoms with Crippen molar-refractivity contribution in [3.63, 3.8) is 0 Å². The predicted molar refractivity (Wildman–Crippen MR) is 66.7 cm³/mol. The number of aliphatic hydroxyl groups is 1. The van der Waals surface area contributed by atoms with E-state index in [0.29, 0.717) is 6.04 Å². The van der Waals surface area contributed by atoms with Gasteiger partial charge in [-0.25, -0.2) is 0 Å². The Balaban J connectivity index is 1.70.